The predicted octanol–water partition coefficient (Wildman–Crippen LogP) is 1.71. The lowest BCUT2D eigenvalue weighted by Gasteiger charge is -2.28. The largest absolute Gasteiger partial charge is 0.481 e. The first-order valence-electron chi connectivity index (χ1n) is 6.14. The number of nitrogens with zero attached hydrogens (tertiary/aromatic N) is 1. The van der Waals surface area contributed by atoms with Crippen LogP contribution in [0, 0.1) is 0 Å². The third kappa shape index (κ3) is 4.99. The number of hydrogen-bond donors (Lipinski definition) is 2. The summed E-state index contributed by atoms with van der Waals surface area (Å²) in [7, 11) is 1.34. The molecule has 0 bridgehead atoms. The quantitative estimate of drug-likeness (QED) is 0.833. The summed E-state index contributed by atoms with van der Waals surface area (Å²) in [4.78, 5) is 26.2. The number of carbonyl (C=O) groups is 2. The van der Waals surface area contributed by atoms with Crippen LogP contribution in [-0.2, 0) is 15.7 Å². The van der Waals surface area contributed by atoms with Crippen molar-refractivity contribution < 1.29 is 32.6 Å². The molecule has 9 heteroatoms. The minimum atomic E-state index is -4.55. The molecule has 0 saturated heterocycles. The number of aliphatic carboxylic acids is 1. The van der Waals surface area contributed by atoms with Gasteiger partial charge in [-0.3, -0.25) is 14.6 Å². The van der Waals surface area contributed by atoms with Crippen LogP contribution in [0.5, 0.6) is 0 Å². The number of carboxylic acids is 1. The van der Waals surface area contributed by atoms with Crippen LogP contribution in [0.4, 0.5) is 13.2 Å². The maximum Gasteiger partial charge on any atom is 0.417 e. The lowest BCUT2D eigenvalue weighted by molar-refractivity contribution is -0.139. The normalized spacial score (nSPS) is 14.2. The summed E-state index contributed by atoms with van der Waals surface area (Å²) in [6.07, 6.45) is -4.41. The van der Waals surface area contributed by atoms with Gasteiger partial charge in [0, 0.05) is 13.3 Å². The second-order valence-corrected chi connectivity index (χ2v) is 4.95. The van der Waals surface area contributed by atoms with Gasteiger partial charge in [-0.25, -0.2) is 0 Å². The molecule has 2 N–H and O–H groups in total. The number of ether oxygens (including phenoxy) is 1. The number of alkyl halides is 3. The Kier molecular flexibility index (Phi) is 5.48. The Bertz CT molecular complexity index is 545. The maximum absolute atomic E-state index is 12.4. The Morgan fingerprint density at radius 2 is 2.00 bits per heavy atom. The number of nitrogens with one attached hydrogen (secondary N) is 1. The van der Waals surface area contributed by atoms with Crippen molar-refractivity contribution in [1.82, 2.24) is 10.3 Å². The summed E-state index contributed by atoms with van der Waals surface area (Å²) in [6, 6.07) is 1.65. The number of amides is 1. The van der Waals surface area contributed by atoms with E-state index >= 15 is 0 Å². The monoisotopic (exact) mass is 320 g/mol. The second kappa shape index (κ2) is 6.73. The van der Waals surface area contributed by atoms with Crippen LogP contribution in [0.25, 0.3) is 0 Å². The van der Waals surface area contributed by atoms with Crippen molar-refractivity contribution in [2.75, 3.05) is 13.7 Å². The number of carboxylic acid groups (broad SMARTS) is 1. The summed E-state index contributed by atoms with van der Waals surface area (Å²) < 4.78 is 42.1. The van der Waals surface area contributed by atoms with Crippen LogP contribution in [0.3, 0.4) is 0 Å². The van der Waals surface area contributed by atoms with Crippen molar-refractivity contribution in [2.24, 2.45) is 0 Å². The summed E-state index contributed by atoms with van der Waals surface area (Å²) >= 11 is 0. The summed E-state index contributed by atoms with van der Waals surface area (Å²) in [6.45, 7) is 1.37. The maximum atomic E-state index is 12.4. The van der Waals surface area contributed by atoms with E-state index in [1.807, 2.05) is 0 Å². The van der Waals surface area contributed by atoms with Gasteiger partial charge in [0.25, 0.3) is 5.91 Å². The van der Waals surface area contributed by atoms with E-state index in [1.165, 1.54) is 14.0 Å². The van der Waals surface area contributed by atoms with E-state index in [2.05, 4.69) is 10.3 Å². The van der Waals surface area contributed by atoms with Gasteiger partial charge in [-0.2, -0.15) is 13.2 Å². The van der Waals surface area contributed by atoms with E-state index in [9.17, 15) is 22.8 Å². The number of rotatable bonds is 6. The van der Waals surface area contributed by atoms with Gasteiger partial charge in [0.1, 0.15) is 5.69 Å². The van der Waals surface area contributed by atoms with Gasteiger partial charge in [0.15, 0.2) is 0 Å². The molecule has 0 aliphatic carbocycles. The molecule has 1 aromatic rings. The van der Waals surface area contributed by atoms with Crippen LogP contribution in [0.1, 0.15) is 29.4 Å². The molecular formula is C13H15F3N2O4. The minimum Gasteiger partial charge on any atom is -0.481 e. The number of methoxy groups -OCH3 is 1. The van der Waals surface area contributed by atoms with Crippen LogP contribution in [0.2, 0.25) is 0 Å². The van der Waals surface area contributed by atoms with Crippen molar-refractivity contribution in [2.45, 2.75) is 25.1 Å². The van der Waals surface area contributed by atoms with Gasteiger partial charge in [-0.15, -0.1) is 0 Å². The molecule has 1 heterocycles. The smallest absolute Gasteiger partial charge is 0.417 e. The molecule has 0 aliphatic rings. The molecule has 1 aromatic heterocycles. The molecule has 122 valence electrons. The SMILES string of the molecule is COCC(C)(CC(=O)O)NC(=O)c1ccc(C(F)(F)F)cn1. The van der Waals surface area contributed by atoms with Crippen molar-refractivity contribution in [3.05, 3.63) is 29.6 Å². The van der Waals surface area contributed by atoms with Gasteiger partial charge >= 0.3 is 12.1 Å². The number of aromatic nitrogens is 1. The predicted molar refractivity (Wildman–Crippen MR) is 69.2 cm³/mol. The standard InChI is InChI=1S/C13H15F3N2O4/c1-12(7-22-2,5-10(19)20)18-11(21)9-4-3-8(6-17-9)13(14,15)16/h3-4,6H,5,7H2,1-2H3,(H,18,21)(H,19,20). The first kappa shape index (κ1) is 17.9. The fourth-order valence-electron chi connectivity index (χ4n) is 1.82. The zero-order valence-electron chi connectivity index (χ0n) is 11.9. The molecule has 6 nitrogen and oxygen atoms in total. The van der Waals surface area contributed by atoms with Crippen LogP contribution in [-0.4, -0.2) is 41.2 Å². The van der Waals surface area contributed by atoms with E-state index in [4.69, 9.17) is 9.84 Å². The van der Waals surface area contributed by atoms with Crippen molar-refractivity contribution in [1.29, 1.82) is 0 Å². The Hall–Kier alpha value is -2.16. The lowest BCUT2D eigenvalue weighted by atomic mass is 9.98. The highest BCUT2D eigenvalue weighted by atomic mass is 19.4. The Morgan fingerprint density at radius 3 is 2.41 bits per heavy atom. The number of hydrogen-bond acceptors (Lipinski definition) is 4. The van der Waals surface area contributed by atoms with E-state index in [-0.39, 0.29) is 12.3 Å². The fourth-order valence-corrected chi connectivity index (χ4v) is 1.82. The second-order valence-electron chi connectivity index (χ2n) is 4.95. The first-order valence-corrected chi connectivity index (χ1v) is 6.14. The molecule has 0 aliphatic heterocycles. The first-order chi connectivity index (χ1) is 10.1. The molecule has 0 radical (unpaired) electrons. The van der Waals surface area contributed by atoms with E-state index in [0.717, 1.165) is 12.1 Å². The topological polar surface area (TPSA) is 88.5 Å². The van der Waals surface area contributed by atoms with Crippen LogP contribution in [0.15, 0.2) is 18.3 Å². The highest BCUT2D eigenvalue weighted by molar-refractivity contribution is 5.93. The highest BCUT2D eigenvalue weighted by Crippen LogP contribution is 2.28. The minimum absolute atomic E-state index is 0.0777. The van der Waals surface area contributed by atoms with Crippen molar-refractivity contribution in [3.8, 4) is 0 Å². The third-order valence-electron chi connectivity index (χ3n) is 2.74. The van der Waals surface area contributed by atoms with Gasteiger partial charge < -0.3 is 15.2 Å². The summed E-state index contributed by atoms with van der Waals surface area (Å²) in [5, 5.41) is 11.2. The summed E-state index contributed by atoms with van der Waals surface area (Å²) in [5.74, 6) is -1.94. The number of halogens is 3. The average molecular weight is 320 g/mol. The molecule has 0 spiro atoms. The Morgan fingerprint density at radius 1 is 1.36 bits per heavy atom. The van der Waals surface area contributed by atoms with Gasteiger partial charge in [-0.1, -0.05) is 0 Å². The van der Waals surface area contributed by atoms with Crippen molar-refractivity contribution >= 4 is 11.9 Å². The van der Waals surface area contributed by atoms with Gasteiger partial charge in [0.05, 0.1) is 24.1 Å². The molecule has 1 atom stereocenters. The molecule has 1 amide bonds. The zero-order chi connectivity index (χ0) is 17.0. The van der Waals surface area contributed by atoms with Gasteiger partial charge in [0.2, 0.25) is 0 Å². The number of pyridine rings is 1. The van der Waals surface area contributed by atoms with Gasteiger partial charge in [-0.05, 0) is 19.1 Å². The molecule has 1 rings (SSSR count). The molecule has 22 heavy (non-hydrogen) atoms. The van der Waals surface area contributed by atoms with E-state index in [0.29, 0.717) is 6.20 Å². The van der Waals surface area contributed by atoms with Crippen LogP contribution >= 0.6 is 0 Å². The number of carbonyl (C=O) groups excluding carboxylic acids is 1. The molecule has 0 aromatic carbocycles. The van der Waals surface area contributed by atoms with Crippen LogP contribution < -0.4 is 5.32 Å². The molecule has 0 saturated carbocycles. The summed E-state index contributed by atoms with van der Waals surface area (Å²) in [5.41, 5.74) is -2.43. The van der Waals surface area contributed by atoms with Crippen molar-refractivity contribution in [3.63, 3.8) is 0 Å². The fraction of sp³-hybridized carbons (Fsp3) is 0.462. The Labute approximate surface area is 124 Å². The molecule has 0 fully saturated rings. The molecular weight excluding hydrogens is 305 g/mol. The van der Waals surface area contributed by atoms with E-state index in [1.54, 1.807) is 0 Å². The molecule has 1 unspecified atom stereocenters. The average Bonchev–Trinajstić information content (AvgIpc) is 2.36. The Balaban J connectivity index is 2.88. The van der Waals surface area contributed by atoms with E-state index < -0.39 is 35.6 Å². The third-order valence-corrected chi connectivity index (χ3v) is 2.74. The highest BCUT2D eigenvalue weighted by Gasteiger charge is 2.32. The lowest BCUT2D eigenvalue weighted by Crippen LogP contribution is -2.51. The zero-order valence-corrected chi connectivity index (χ0v) is 11.9.